The quantitative estimate of drug-likeness (QED) is 0.186. The zero-order valence-electron chi connectivity index (χ0n) is 33.7. The molecule has 4 aromatic rings. The van der Waals surface area contributed by atoms with Crippen molar-refractivity contribution in [1.29, 1.82) is 5.26 Å². The van der Waals surface area contributed by atoms with Gasteiger partial charge in [0.2, 0.25) is 0 Å². The van der Waals surface area contributed by atoms with E-state index in [1.807, 2.05) is 11.9 Å². The lowest BCUT2D eigenvalue weighted by Crippen LogP contribution is -2.57. The van der Waals surface area contributed by atoms with Gasteiger partial charge in [0, 0.05) is 36.1 Å². The Bertz CT molecular complexity index is 2340. The minimum Gasteiger partial charge on any atom is -0.462 e. The fourth-order valence-corrected chi connectivity index (χ4v) is 8.98. The first-order chi connectivity index (χ1) is 27.5. The molecule has 7 rings (SSSR count). The molecule has 3 unspecified atom stereocenters. The van der Waals surface area contributed by atoms with Crippen LogP contribution in [0.4, 0.5) is 42.5 Å². The van der Waals surface area contributed by atoms with Gasteiger partial charge in [0.1, 0.15) is 40.4 Å². The van der Waals surface area contributed by atoms with Crippen molar-refractivity contribution < 1.29 is 45.8 Å². The number of amides is 2. The third-order valence-corrected chi connectivity index (χ3v) is 11.4. The van der Waals surface area contributed by atoms with Gasteiger partial charge in [-0.2, -0.15) is 28.4 Å². The summed E-state index contributed by atoms with van der Waals surface area (Å²) in [4.78, 5) is 44.3. The Balaban J connectivity index is 1.37. The van der Waals surface area contributed by atoms with E-state index in [-0.39, 0.29) is 64.3 Å². The number of piperidine rings is 1. The van der Waals surface area contributed by atoms with Crippen molar-refractivity contribution in [2.45, 2.75) is 96.7 Å². The number of carbonyl (C=O) groups is 2. The number of nitrogens with zero attached hydrogens (tertiary/aromatic N) is 7. The van der Waals surface area contributed by atoms with Crippen LogP contribution in [0, 0.1) is 28.4 Å². The van der Waals surface area contributed by atoms with Crippen LogP contribution < -0.4 is 15.0 Å². The number of carbonyl (C=O) groups excluding carboxylic acids is 2. The molecule has 0 spiro atoms. The number of nitriles is 1. The molecule has 5 heterocycles. The number of anilines is 2. The summed E-state index contributed by atoms with van der Waals surface area (Å²) in [6.07, 6.45) is -4.17. The molecule has 3 saturated heterocycles. The average molecular weight is 845 g/mol. The Labute approximate surface area is 341 Å². The number of rotatable bonds is 6. The molecule has 2 aromatic heterocycles. The Kier molecular flexibility index (Phi) is 10.8. The maximum absolute atomic E-state index is 17.4. The summed E-state index contributed by atoms with van der Waals surface area (Å²) < 4.78 is 95.2. The number of ether oxygens (including phenoxy) is 3. The monoisotopic (exact) mass is 844 g/mol. The van der Waals surface area contributed by atoms with E-state index >= 15 is 22.0 Å². The van der Waals surface area contributed by atoms with Crippen LogP contribution in [0.5, 0.6) is 6.01 Å². The highest BCUT2D eigenvalue weighted by atomic mass is 32.1. The molecule has 2 aromatic carbocycles. The first kappa shape index (κ1) is 42.0. The molecule has 1 N–H and O–H groups in total. The Morgan fingerprint density at radius 2 is 1.68 bits per heavy atom. The fraction of sp³-hybridized carbons (Fsp3) is 0.550. The van der Waals surface area contributed by atoms with E-state index in [1.165, 1.54) is 0 Å². The molecule has 2 amide bonds. The number of fused-ring (bicyclic) bond motifs is 4. The van der Waals surface area contributed by atoms with E-state index in [4.69, 9.17) is 14.2 Å². The standard InChI is InChI=1S/C40H45F5N8O5S/c1-37(2,3)57-35(54)50-34-48-30-23(11-12-26(41)31(30)59-34)27-25(40(43,44)45)15-24-29(28(27)42)47-33(56-20-39(18-46)13-8-14-51(7)19-39)49-32(24)52-16-21-9-10-22(17-52)53(21)36(55)58-38(4,5)6/h11-12,15,21-22H,8-10,13-14,16-17,19-20H2,1-7H3,(H,48,50,54). The highest BCUT2D eigenvalue weighted by Crippen LogP contribution is 2.47. The molecule has 3 aliphatic heterocycles. The van der Waals surface area contributed by atoms with E-state index in [1.54, 1.807) is 51.3 Å². The normalized spacial score (nSPS) is 21.5. The SMILES string of the molecule is CN1CCCC(C#N)(COc2nc(N3CC4CCC(C3)N4C(=O)OC(C)(C)C)c3cc(C(F)(F)F)c(-c4ccc(F)c5sc(NC(=O)OC(C)(C)C)nc45)c(F)c3n2)C1. The molecular weight excluding hydrogens is 800 g/mol. The largest absolute Gasteiger partial charge is 0.462 e. The molecule has 2 bridgehead atoms. The van der Waals surface area contributed by atoms with Crippen molar-refractivity contribution in [2.24, 2.45) is 5.41 Å². The first-order valence-corrected chi connectivity index (χ1v) is 20.1. The van der Waals surface area contributed by atoms with Crippen molar-refractivity contribution in [3.05, 3.63) is 35.4 Å². The summed E-state index contributed by atoms with van der Waals surface area (Å²) in [7, 11) is 1.88. The van der Waals surface area contributed by atoms with Gasteiger partial charge in [0.05, 0.1) is 33.9 Å². The predicted molar refractivity (Wildman–Crippen MR) is 210 cm³/mol. The van der Waals surface area contributed by atoms with Gasteiger partial charge in [-0.15, -0.1) is 0 Å². The third kappa shape index (κ3) is 8.65. The Hall–Kier alpha value is -5.09. The average Bonchev–Trinajstić information content (AvgIpc) is 3.67. The lowest BCUT2D eigenvalue weighted by atomic mass is 9.82. The number of hydrogen-bond donors (Lipinski definition) is 1. The molecule has 13 nitrogen and oxygen atoms in total. The number of piperazine rings is 1. The van der Waals surface area contributed by atoms with Crippen LogP contribution >= 0.6 is 11.3 Å². The summed E-state index contributed by atoms with van der Waals surface area (Å²) in [6.45, 7) is 11.4. The number of aromatic nitrogens is 3. The summed E-state index contributed by atoms with van der Waals surface area (Å²) in [5.41, 5.74) is -6.20. The molecule has 0 aliphatic carbocycles. The summed E-state index contributed by atoms with van der Waals surface area (Å²) in [5.74, 6) is -2.29. The number of halogens is 5. The van der Waals surface area contributed by atoms with Crippen molar-refractivity contribution in [1.82, 2.24) is 24.8 Å². The summed E-state index contributed by atoms with van der Waals surface area (Å²) in [6, 6.07) is 3.88. The fourth-order valence-electron chi connectivity index (χ4n) is 8.10. The number of likely N-dealkylation sites (tertiary alicyclic amines) is 1. The molecule has 59 heavy (non-hydrogen) atoms. The van der Waals surface area contributed by atoms with Gasteiger partial charge >= 0.3 is 24.4 Å². The van der Waals surface area contributed by atoms with Gasteiger partial charge < -0.3 is 24.0 Å². The van der Waals surface area contributed by atoms with Gasteiger partial charge in [0.15, 0.2) is 10.9 Å². The number of alkyl halides is 3. The van der Waals surface area contributed by atoms with Gasteiger partial charge in [-0.3, -0.25) is 10.2 Å². The molecule has 0 radical (unpaired) electrons. The van der Waals surface area contributed by atoms with E-state index < -0.39 is 68.8 Å². The lowest BCUT2D eigenvalue weighted by Gasteiger charge is -2.42. The van der Waals surface area contributed by atoms with Crippen molar-refractivity contribution in [3.63, 3.8) is 0 Å². The van der Waals surface area contributed by atoms with Crippen molar-refractivity contribution in [2.75, 3.05) is 50.1 Å². The predicted octanol–water partition coefficient (Wildman–Crippen LogP) is 8.75. The van der Waals surface area contributed by atoms with Gasteiger partial charge in [-0.1, -0.05) is 11.3 Å². The minimum absolute atomic E-state index is 0.0461. The Morgan fingerprint density at radius 1 is 1.00 bits per heavy atom. The van der Waals surface area contributed by atoms with Crippen LogP contribution in [-0.4, -0.2) is 100 Å². The zero-order valence-corrected chi connectivity index (χ0v) is 34.5. The van der Waals surface area contributed by atoms with Crippen molar-refractivity contribution in [3.8, 4) is 23.2 Å². The van der Waals surface area contributed by atoms with E-state index in [0.29, 0.717) is 37.1 Å². The van der Waals surface area contributed by atoms with E-state index in [2.05, 4.69) is 26.3 Å². The smallest absolute Gasteiger partial charge is 0.417 e. The van der Waals surface area contributed by atoms with Crippen LogP contribution in [0.15, 0.2) is 18.2 Å². The number of benzene rings is 2. The molecule has 19 heteroatoms. The molecular formula is C40H45F5N8O5S. The molecule has 3 atom stereocenters. The van der Waals surface area contributed by atoms with Gasteiger partial charge in [-0.25, -0.2) is 23.4 Å². The van der Waals surface area contributed by atoms with Crippen LogP contribution in [0.2, 0.25) is 0 Å². The zero-order chi connectivity index (χ0) is 42.8. The van der Waals surface area contributed by atoms with E-state index in [0.717, 1.165) is 31.2 Å². The maximum atomic E-state index is 17.4. The number of hydrogen-bond acceptors (Lipinski definition) is 12. The van der Waals surface area contributed by atoms with Crippen LogP contribution in [0.1, 0.15) is 72.8 Å². The van der Waals surface area contributed by atoms with Crippen LogP contribution in [-0.2, 0) is 15.7 Å². The van der Waals surface area contributed by atoms with Crippen LogP contribution in [0.3, 0.4) is 0 Å². The van der Waals surface area contributed by atoms with Gasteiger partial charge in [0.25, 0.3) is 0 Å². The van der Waals surface area contributed by atoms with Crippen molar-refractivity contribution >= 4 is 55.6 Å². The second-order valence-electron chi connectivity index (χ2n) is 17.5. The molecule has 3 aliphatic rings. The number of thiazole rings is 1. The lowest BCUT2D eigenvalue weighted by molar-refractivity contribution is -0.137. The van der Waals surface area contributed by atoms with Crippen LogP contribution in [0.25, 0.3) is 32.2 Å². The van der Waals surface area contributed by atoms with E-state index in [9.17, 15) is 14.9 Å². The highest BCUT2D eigenvalue weighted by Gasteiger charge is 2.46. The topological polar surface area (TPSA) is 146 Å². The molecule has 3 fully saturated rings. The van der Waals surface area contributed by atoms with Gasteiger partial charge in [-0.05, 0) is 99.0 Å². The molecule has 0 saturated carbocycles. The summed E-state index contributed by atoms with van der Waals surface area (Å²) in [5, 5.41) is 12.1. The summed E-state index contributed by atoms with van der Waals surface area (Å²) >= 11 is 0.646. The molecule has 316 valence electrons. The highest BCUT2D eigenvalue weighted by molar-refractivity contribution is 7.22. The second kappa shape index (κ2) is 15.2. The maximum Gasteiger partial charge on any atom is 0.417 e. The minimum atomic E-state index is -5.15. The third-order valence-electron chi connectivity index (χ3n) is 10.4. The Morgan fingerprint density at radius 3 is 2.29 bits per heavy atom. The second-order valence-corrected chi connectivity index (χ2v) is 18.5. The number of nitrogens with one attached hydrogen (secondary N) is 1. The first-order valence-electron chi connectivity index (χ1n) is 19.2.